The third kappa shape index (κ3) is 2.89. The minimum atomic E-state index is 0.849. The number of benzene rings is 5. The number of para-hydroxylation sites is 4. The zero-order valence-corrected chi connectivity index (χ0v) is 18.9. The highest BCUT2D eigenvalue weighted by Gasteiger charge is 2.14. The van der Waals surface area contributed by atoms with Gasteiger partial charge < -0.3 is 9.13 Å². The fraction of sp³-hybridized carbons (Fsp3) is 0.0625. The fourth-order valence-corrected chi connectivity index (χ4v) is 5.55. The van der Waals surface area contributed by atoms with Gasteiger partial charge in [-0.05, 0) is 35.4 Å². The van der Waals surface area contributed by atoms with Crippen LogP contribution in [0.5, 0.6) is 0 Å². The fourth-order valence-electron chi connectivity index (χ4n) is 5.55. The highest BCUT2D eigenvalue weighted by atomic mass is 15.0. The van der Waals surface area contributed by atoms with Gasteiger partial charge in [0.1, 0.15) is 0 Å². The number of hydrogen-bond donors (Lipinski definition) is 0. The SMILES string of the molecule is c1ccc(Cn2c3ccccc3c3ccccc32)c(Cn2c3ccccc3c3ccccc32)c1. The molecule has 2 heterocycles. The van der Waals surface area contributed by atoms with Crippen LogP contribution in [0.25, 0.3) is 43.6 Å². The van der Waals surface area contributed by atoms with E-state index in [4.69, 9.17) is 0 Å². The Hall–Kier alpha value is -4.30. The van der Waals surface area contributed by atoms with Crippen molar-refractivity contribution in [3.63, 3.8) is 0 Å². The van der Waals surface area contributed by atoms with Crippen molar-refractivity contribution in [3.05, 3.63) is 132 Å². The van der Waals surface area contributed by atoms with E-state index in [1.54, 1.807) is 0 Å². The van der Waals surface area contributed by atoms with E-state index in [0.717, 1.165) is 13.1 Å². The third-order valence-electron chi connectivity index (χ3n) is 7.14. The molecule has 34 heavy (non-hydrogen) atoms. The molecule has 7 rings (SSSR count). The van der Waals surface area contributed by atoms with Crippen LogP contribution >= 0.6 is 0 Å². The first-order chi connectivity index (χ1) is 16.9. The second-order valence-electron chi connectivity index (χ2n) is 9.01. The van der Waals surface area contributed by atoms with Crippen molar-refractivity contribution in [2.45, 2.75) is 13.1 Å². The smallest absolute Gasteiger partial charge is 0.0494 e. The number of hydrogen-bond acceptors (Lipinski definition) is 0. The minimum absolute atomic E-state index is 0.849. The van der Waals surface area contributed by atoms with Gasteiger partial charge in [0.25, 0.3) is 0 Å². The molecule has 0 aliphatic rings. The predicted octanol–water partition coefficient (Wildman–Crippen LogP) is 8.00. The second kappa shape index (κ2) is 7.64. The van der Waals surface area contributed by atoms with Gasteiger partial charge in [0.15, 0.2) is 0 Å². The summed E-state index contributed by atoms with van der Waals surface area (Å²) in [6, 6.07) is 43.9. The molecule has 7 aromatic rings. The molecular weight excluding hydrogens is 412 g/mol. The monoisotopic (exact) mass is 436 g/mol. The van der Waals surface area contributed by atoms with Gasteiger partial charge in [-0.3, -0.25) is 0 Å². The molecule has 2 aromatic heterocycles. The molecule has 0 saturated carbocycles. The first-order valence-electron chi connectivity index (χ1n) is 11.9. The summed E-state index contributed by atoms with van der Waals surface area (Å²) < 4.78 is 4.94. The first kappa shape index (κ1) is 19.2. The summed E-state index contributed by atoms with van der Waals surface area (Å²) in [7, 11) is 0. The second-order valence-corrected chi connectivity index (χ2v) is 9.01. The number of nitrogens with zero attached hydrogens (tertiary/aromatic N) is 2. The van der Waals surface area contributed by atoms with E-state index in [1.807, 2.05) is 0 Å². The maximum absolute atomic E-state index is 2.47. The van der Waals surface area contributed by atoms with Gasteiger partial charge in [-0.25, -0.2) is 0 Å². The molecule has 0 aliphatic carbocycles. The molecule has 0 unspecified atom stereocenters. The van der Waals surface area contributed by atoms with Gasteiger partial charge in [-0.15, -0.1) is 0 Å². The summed E-state index contributed by atoms with van der Waals surface area (Å²) in [5, 5.41) is 5.27. The third-order valence-corrected chi connectivity index (χ3v) is 7.14. The molecule has 0 bridgehead atoms. The van der Waals surface area contributed by atoms with E-state index in [0.29, 0.717) is 0 Å². The zero-order chi connectivity index (χ0) is 22.5. The van der Waals surface area contributed by atoms with Gasteiger partial charge in [-0.1, -0.05) is 97.1 Å². The summed E-state index contributed by atoms with van der Waals surface area (Å²) in [5.74, 6) is 0. The topological polar surface area (TPSA) is 9.86 Å². The molecule has 0 fully saturated rings. The average Bonchev–Trinajstić information content (AvgIpc) is 3.39. The molecule has 0 radical (unpaired) electrons. The molecule has 2 nitrogen and oxygen atoms in total. The Balaban J connectivity index is 1.38. The molecule has 5 aromatic carbocycles. The Morgan fingerprint density at radius 3 is 0.912 bits per heavy atom. The van der Waals surface area contributed by atoms with Crippen molar-refractivity contribution in [2.75, 3.05) is 0 Å². The molecule has 0 saturated heterocycles. The van der Waals surface area contributed by atoms with Crippen molar-refractivity contribution in [2.24, 2.45) is 0 Å². The van der Waals surface area contributed by atoms with Crippen LogP contribution in [-0.4, -0.2) is 9.13 Å². The molecule has 0 amide bonds. The predicted molar refractivity (Wildman–Crippen MR) is 144 cm³/mol. The Kier molecular flexibility index (Phi) is 4.31. The van der Waals surface area contributed by atoms with Gasteiger partial charge in [0.05, 0.1) is 0 Å². The normalized spacial score (nSPS) is 11.8. The molecule has 0 aliphatic heterocycles. The van der Waals surface area contributed by atoms with Crippen LogP contribution in [0.3, 0.4) is 0 Å². The molecule has 2 heteroatoms. The van der Waals surface area contributed by atoms with E-state index in [2.05, 4.69) is 130 Å². The average molecular weight is 437 g/mol. The van der Waals surface area contributed by atoms with E-state index in [-0.39, 0.29) is 0 Å². The highest BCUT2D eigenvalue weighted by Crippen LogP contribution is 2.32. The summed E-state index contributed by atoms with van der Waals surface area (Å²) in [6.07, 6.45) is 0. The standard InChI is InChI=1S/C32H24N2/c1-2-12-24(22-34-31-19-9-5-15-27(31)28-16-6-10-20-32(28)34)23(11-1)21-33-29-17-7-3-13-25(29)26-14-4-8-18-30(26)33/h1-20H,21-22H2. The summed E-state index contributed by atoms with van der Waals surface area (Å²) in [5.41, 5.74) is 7.86. The van der Waals surface area contributed by atoms with Crippen molar-refractivity contribution in [1.29, 1.82) is 0 Å². The van der Waals surface area contributed by atoms with Crippen LogP contribution in [0.4, 0.5) is 0 Å². The number of rotatable bonds is 4. The first-order valence-corrected chi connectivity index (χ1v) is 11.9. The molecule has 162 valence electrons. The van der Waals surface area contributed by atoms with E-state index >= 15 is 0 Å². The van der Waals surface area contributed by atoms with Gasteiger partial charge in [0.2, 0.25) is 0 Å². The van der Waals surface area contributed by atoms with Crippen LogP contribution in [-0.2, 0) is 13.1 Å². The summed E-state index contributed by atoms with van der Waals surface area (Å²) in [6.45, 7) is 1.70. The van der Waals surface area contributed by atoms with E-state index in [1.165, 1.54) is 54.7 Å². The largest absolute Gasteiger partial charge is 0.336 e. The summed E-state index contributed by atoms with van der Waals surface area (Å²) in [4.78, 5) is 0. The van der Waals surface area contributed by atoms with Gasteiger partial charge >= 0.3 is 0 Å². The van der Waals surface area contributed by atoms with Crippen molar-refractivity contribution in [3.8, 4) is 0 Å². The van der Waals surface area contributed by atoms with Gasteiger partial charge in [0, 0.05) is 56.7 Å². The van der Waals surface area contributed by atoms with E-state index in [9.17, 15) is 0 Å². The summed E-state index contributed by atoms with van der Waals surface area (Å²) >= 11 is 0. The lowest BCUT2D eigenvalue weighted by atomic mass is 10.1. The minimum Gasteiger partial charge on any atom is -0.336 e. The Labute approximate surface area is 198 Å². The van der Waals surface area contributed by atoms with Crippen LogP contribution in [0.1, 0.15) is 11.1 Å². The number of aromatic nitrogens is 2. The van der Waals surface area contributed by atoms with Gasteiger partial charge in [-0.2, -0.15) is 0 Å². The lowest BCUT2D eigenvalue weighted by Crippen LogP contribution is -2.06. The maximum atomic E-state index is 2.47. The van der Waals surface area contributed by atoms with Crippen LogP contribution in [0.2, 0.25) is 0 Å². The Morgan fingerprint density at radius 1 is 0.324 bits per heavy atom. The van der Waals surface area contributed by atoms with Crippen LogP contribution < -0.4 is 0 Å². The highest BCUT2D eigenvalue weighted by molar-refractivity contribution is 6.09. The lowest BCUT2D eigenvalue weighted by molar-refractivity contribution is 0.810. The molecule has 0 atom stereocenters. The Bertz CT molecular complexity index is 1570. The quantitative estimate of drug-likeness (QED) is 0.264. The lowest BCUT2D eigenvalue weighted by Gasteiger charge is -2.15. The molecule has 0 N–H and O–H groups in total. The van der Waals surface area contributed by atoms with Crippen molar-refractivity contribution >= 4 is 43.6 Å². The van der Waals surface area contributed by atoms with Crippen molar-refractivity contribution < 1.29 is 0 Å². The van der Waals surface area contributed by atoms with Crippen LogP contribution in [0.15, 0.2) is 121 Å². The zero-order valence-electron chi connectivity index (χ0n) is 18.9. The maximum Gasteiger partial charge on any atom is 0.0494 e. The molecular formula is C32H24N2. The van der Waals surface area contributed by atoms with E-state index < -0.39 is 0 Å². The number of fused-ring (bicyclic) bond motifs is 6. The molecule has 0 spiro atoms. The van der Waals surface area contributed by atoms with Crippen LogP contribution in [0, 0.1) is 0 Å². The van der Waals surface area contributed by atoms with Crippen molar-refractivity contribution in [1.82, 2.24) is 9.13 Å². The Morgan fingerprint density at radius 2 is 0.588 bits per heavy atom.